The number of hydrogen-bond donors (Lipinski definition) is 0. The third-order valence-electron chi connectivity index (χ3n) is 1.96. The van der Waals surface area contributed by atoms with Crippen molar-refractivity contribution in [2.24, 2.45) is 0 Å². The van der Waals surface area contributed by atoms with Crippen LogP contribution in [0.15, 0.2) is 28.9 Å². The summed E-state index contributed by atoms with van der Waals surface area (Å²) < 4.78 is 6.08. The largest absolute Gasteiger partial charge is 0.495 e. The van der Waals surface area contributed by atoms with Gasteiger partial charge < -0.3 is 4.74 Å². The molecule has 0 saturated carbocycles. The summed E-state index contributed by atoms with van der Waals surface area (Å²) in [5, 5.41) is 1.58. The maximum atomic E-state index is 6.00. The van der Waals surface area contributed by atoms with E-state index in [4.69, 9.17) is 16.3 Å². The Morgan fingerprint density at radius 1 is 1.43 bits per heavy atom. The molecule has 0 fully saturated rings. The Morgan fingerprint density at radius 2 is 2.21 bits per heavy atom. The zero-order valence-corrected chi connectivity index (χ0v) is 9.76. The lowest BCUT2D eigenvalue weighted by Gasteiger charge is -2.05. The minimum Gasteiger partial charge on any atom is -0.495 e. The lowest BCUT2D eigenvalue weighted by molar-refractivity contribution is 0.415. The van der Waals surface area contributed by atoms with Crippen molar-refractivity contribution in [3.05, 3.63) is 33.9 Å². The molecule has 0 aliphatic rings. The van der Waals surface area contributed by atoms with Gasteiger partial charge in [-0.05, 0) is 12.1 Å². The molecule has 0 unspecified atom stereocenters. The van der Waals surface area contributed by atoms with Gasteiger partial charge in [0.2, 0.25) is 0 Å². The molecule has 0 N–H and O–H groups in total. The Kier molecular flexibility index (Phi) is 2.61. The number of halogens is 2. The predicted molar refractivity (Wildman–Crippen MR) is 61.0 cm³/mol. The molecule has 0 radical (unpaired) electrons. The fourth-order valence-corrected chi connectivity index (χ4v) is 1.95. The average Bonchev–Trinajstić information content (AvgIpc) is 2.19. The van der Waals surface area contributed by atoms with Gasteiger partial charge in [-0.25, -0.2) is 0 Å². The van der Waals surface area contributed by atoms with Crippen molar-refractivity contribution in [1.82, 2.24) is 4.98 Å². The van der Waals surface area contributed by atoms with E-state index in [1.54, 1.807) is 13.3 Å². The first kappa shape index (κ1) is 9.74. The third kappa shape index (κ3) is 1.57. The van der Waals surface area contributed by atoms with Gasteiger partial charge in [0.25, 0.3) is 0 Å². The van der Waals surface area contributed by atoms with Crippen molar-refractivity contribution in [1.29, 1.82) is 0 Å². The smallest absolute Gasteiger partial charge is 0.139 e. The van der Waals surface area contributed by atoms with Crippen LogP contribution in [0.4, 0.5) is 0 Å². The van der Waals surface area contributed by atoms with Crippen molar-refractivity contribution in [2.45, 2.75) is 0 Å². The van der Waals surface area contributed by atoms with Crippen LogP contribution >= 0.6 is 27.5 Å². The molecule has 4 heteroatoms. The van der Waals surface area contributed by atoms with Crippen molar-refractivity contribution in [3.8, 4) is 5.75 Å². The highest BCUT2D eigenvalue weighted by Gasteiger charge is 2.05. The summed E-state index contributed by atoms with van der Waals surface area (Å²) in [6.07, 6.45) is 1.74. The fourth-order valence-electron chi connectivity index (χ4n) is 1.27. The molecule has 0 aliphatic carbocycles. The van der Waals surface area contributed by atoms with Gasteiger partial charge in [0, 0.05) is 22.1 Å². The topological polar surface area (TPSA) is 22.1 Å². The van der Waals surface area contributed by atoms with Crippen LogP contribution in [0, 0.1) is 0 Å². The van der Waals surface area contributed by atoms with Gasteiger partial charge in [-0.1, -0.05) is 27.5 Å². The van der Waals surface area contributed by atoms with Crippen LogP contribution in [0.1, 0.15) is 0 Å². The number of fused-ring (bicyclic) bond motifs is 1. The molecule has 1 aromatic heterocycles. The minimum atomic E-state index is 0.591. The number of rotatable bonds is 1. The lowest BCUT2D eigenvalue weighted by atomic mass is 10.2. The molecule has 0 spiro atoms. The van der Waals surface area contributed by atoms with Gasteiger partial charge in [0.05, 0.1) is 17.6 Å². The summed E-state index contributed by atoms with van der Waals surface area (Å²) in [5.74, 6) is 0.643. The predicted octanol–water partition coefficient (Wildman–Crippen LogP) is 3.66. The van der Waals surface area contributed by atoms with E-state index in [0.717, 1.165) is 15.4 Å². The minimum absolute atomic E-state index is 0.591. The van der Waals surface area contributed by atoms with E-state index in [1.165, 1.54) is 0 Å². The standard InChI is InChI=1S/C10H7BrClNO/c1-14-10-5-9-6(4-8(10)12)7(11)2-3-13-9/h2-5H,1H3. The second kappa shape index (κ2) is 3.75. The van der Waals surface area contributed by atoms with E-state index in [9.17, 15) is 0 Å². The Morgan fingerprint density at radius 3 is 2.93 bits per heavy atom. The highest BCUT2D eigenvalue weighted by molar-refractivity contribution is 9.10. The summed E-state index contributed by atoms with van der Waals surface area (Å²) in [6.45, 7) is 0. The normalized spacial score (nSPS) is 10.5. The van der Waals surface area contributed by atoms with Crippen LogP contribution in [-0.2, 0) is 0 Å². The van der Waals surface area contributed by atoms with Gasteiger partial charge in [-0.15, -0.1) is 0 Å². The van der Waals surface area contributed by atoms with Crippen LogP contribution < -0.4 is 4.74 Å². The van der Waals surface area contributed by atoms with Crippen molar-refractivity contribution >= 4 is 38.4 Å². The summed E-state index contributed by atoms with van der Waals surface area (Å²) in [4.78, 5) is 4.22. The first-order valence-electron chi connectivity index (χ1n) is 4.00. The lowest BCUT2D eigenvalue weighted by Crippen LogP contribution is -1.86. The zero-order chi connectivity index (χ0) is 10.1. The van der Waals surface area contributed by atoms with Gasteiger partial charge in [0.15, 0.2) is 0 Å². The van der Waals surface area contributed by atoms with Crippen molar-refractivity contribution in [2.75, 3.05) is 7.11 Å². The molecule has 0 atom stereocenters. The van der Waals surface area contributed by atoms with Gasteiger partial charge >= 0.3 is 0 Å². The summed E-state index contributed by atoms with van der Waals surface area (Å²) in [5.41, 5.74) is 0.862. The average molecular weight is 273 g/mol. The number of nitrogens with zero attached hydrogens (tertiary/aromatic N) is 1. The van der Waals surface area contributed by atoms with Gasteiger partial charge in [-0.3, -0.25) is 4.98 Å². The van der Waals surface area contributed by atoms with Crippen LogP contribution in [0.5, 0.6) is 5.75 Å². The van der Waals surface area contributed by atoms with E-state index in [2.05, 4.69) is 20.9 Å². The van der Waals surface area contributed by atoms with Crippen molar-refractivity contribution < 1.29 is 4.74 Å². The van der Waals surface area contributed by atoms with E-state index in [0.29, 0.717) is 10.8 Å². The van der Waals surface area contributed by atoms with E-state index >= 15 is 0 Å². The number of benzene rings is 1. The van der Waals surface area contributed by atoms with E-state index in [1.807, 2.05) is 18.2 Å². The maximum absolute atomic E-state index is 6.00. The number of methoxy groups -OCH3 is 1. The number of hydrogen-bond acceptors (Lipinski definition) is 2. The summed E-state index contributed by atoms with van der Waals surface area (Å²) >= 11 is 9.44. The van der Waals surface area contributed by atoms with E-state index < -0.39 is 0 Å². The van der Waals surface area contributed by atoms with Crippen LogP contribution in [-0.4, -0.2) is 12.1 Å². The monoisotopic (exact) mass is 271 g/mol. The summed E-state index contributed by atoms with van der Waals surface area (Å²) in [7, 11) is 1.59. The first-order valence-corrected chi connectivity index (χ1v) is 5.17. The Bertz CT molecular complexity index is 487. The first-order chi connectivity index (χ1) is 6.72. The molecule has 1 heterocycles. The number of aromatic nitrogens is 1. The quantitative estimate of drug-likeness (QED) is 0.790. The molecule has 0 bridgehead atoms. The molecule has 0 amide bonds. The second-order valence-corrected chi connectivity index (χ2v) is 4.06. The molecule has 0 aliphatic heterocycles. The maximum Gasteiger partial charge on any atom is 0.139 e. The third-order valence-corrected chi connectivity index (χ3v) is 2.95. The Hall–Kier alpha value is -0.800. The van der Waals surface area contributed by atoms with E-state index in [-0.39, 0.29) is 0 Å². The molecule has 14 heavy (non-hydrogen) atoms. The van der Waals surface area contributed by atoms with Crippen LogP contribution in [0.25, 0.3) is 10.9 Å². The second-order valence-electron chi connectivity index (χ2n) is 2.80. The Labute approximate surface area is 95.0 Å². The number of pyridine rings is 1. The molecule has 1 aromatic carbocycles. The van der Waals surface area contributed by atoms with Crippen LogP contribution in [0.3, 0.4) is 0 Å². The molecular weight excluding hydrogens is 265 g/mol. The molecule has 72 valence electrons. The zero-order valence-electron chi connectivity index (χ0n) is 7.42. The van der Waals surface area contributed by atoms with Crippen LogP contribution in [0.2, 0.25) is 5.02 Å². The van der Waals surface area contributed by atoms with Gasteiger partial charge in [0.1, 0.15) is 5.75 Å². The molecular formula is C10H7BrClNO. The molecule has 2 aromatic rings. The SMILES string of the molecule is COc1cc2nccc(Br)c2cc1Cl. The molecule has 2 nitrogen and oxygen atoms in total. The molecule has 2 rings (SSSR count). The fraction of sp³-hybridized carbons (Fsp3) is 0.100. The number of ether oxygens (including phenoxy) is 1. The van der Waals surface area contributed by atoms with Crippen molar-refractivity contribution in [3.63, 3.8) is 0 Å². The Balaban J connectivity index is 2.79. The van der Waals surface area contributed by atoms with Gasteiger partial charge in [-0.2, -0.15) is 0 Å². The highest BCUT2D eigenvalue weighted by atomic mass is 79.9. The summed E-state index contributed by atoms with van der Waals surface area (Å²) in [6, 6.07) is 5.54. The highest BCUT2D eigenvalue weighted by Crippen LogP contribution is 2.32. The molecule has 0 saturated heterocycles.